The Labute approximate surface area is 145 Å². The van der Waals surface area contributed by atoms with Crippen LogP contribution in [0.2, 0.25) is 0 Å². The second-order valence-electron chi connectivity index (χ2n) is 6.61. The lowest BCUT2D eigenvalue weighted by molar-refractivity contribution is -0.138. The molecule has 0 aliphatic rings. The van der Waals surface area contributed by atoms with E-state index in [-0.39, 0.29) is 18.1 Å². The van der Waals surface area contributed by atoms with Gasteiger partial charge in [0.2, 0.25) is 5.78 Å². The van der Waals surface area contributed by atoms with E-state index in [9.17, 15) is 9.59 Å². The molecule has 1 heterocycles. The maximum absolute atomic E-state index is 11.9. The van der Waals surface area contributed by atoms with Crippen molar-refractivity contribution in [3.63, 3.8) is 0 Å². The van der Waals surface area contributed by atoms with Gasteiger partial charge >= 0.3 is 0 Å². The molecule has 0 saturated heterocycles. The highest BCUT2D eigenvalue weighted by Gasteiger charge is 2.23. The van der Waals surface area contributed by atoms with E-state index in [2.05, 4.69) is 18.1 Å². The number of nitrogens with zero attached hydrogens (tertiary/aromatic N) is 2. The van der Waals surface area contributed by atoms with Gasteiger partial charge in [0.1, 0.15) is 0 Å². The minimum atomic E-state index is -0.692. The average Bonchev–Trinajstić information content (AvgIpc) is 2.95. The van der Waals surface area contributed by atoms with Crippen molar-refractivity contribution in [2.24, 2.45) is 17.4 Å². The average molecular weight is 336 g/mol. The van der Waals surface area contributed by atoms with Gasteiger partial charge in [-0.2, -0.15) is 5.10 Å². The van der Waals surface area contributed by atoms with E-state index in [1.54, 1.807) is 0 Å². The normalized spacial score (nSPS) is 12.6. The summed E-state index contributed by atoms with van der Waals surface area (Å²) in [4.78, 5) is 23.8. The Morgan fingerprint density at radius 1 is 1.25 bits per heavy atom. The molecule has 0 saturated carbocycles. The summed E-state index contributed by atoms with van der Waals surface area (Å²) in [5.41, 5.74) is 13.5. The summed E-state index contributed by atoms with van der Waals surface area (Å²) in [7, 11) is 0. The molecule has 4 N–H and O–H groups in total. The zero-order valence-electron chi connectivity index (χ0n) is 15.3. The third-order valence-electron chi connectivity index (χ3n) is 4.23. The number of hydrogen-bond acceptors (Lipinski definition) is 5. The number of unbranched alkanes of at least 4 members (excludes halogenated alkanes) is 1. The third kappa shape index (κ3) is 6.17. The first kappa shape index (κ1) is 20.5. The molecule has 1 aromatic rings. The van der Waals surface area contributed by atoms with Crippen molar-refractivity contribution >= 4 is 11.6 Å². The van der Waals surface area contributed by atoms with Crippen LogP contribution in [0.4, 0.5) is 0 Å². The van der Waals surface area contributed by atoms with E-state index in [1.165, 1.54) is 0 Å². The molecule has 0 unspecified atom stereocenters. The van der Waals surface area contributed by atoms with Crippen molar-refractivity contribution in [2.45, 2.75) is 71.9 Å². The molecule has 1 atom stereocenters. The number of Topliss-reactive ketones (excluding diaryl/α,β-unsaturated/α-hetero) is 2. The van der Waals surface area contributed by atoms with Gasteiger partial charge in [-0.25, -0.2) is 0 Å². The fourth-order valence-electron chi connectivity index (χ4n) is 2.57. The number of carbonyl (C=O) groups is 2. The highest BCUT2D eigenvalue weighted by atomic mass is 16.2. The first-order valence-electron chi connectivity index (χ1n) is 8.99. The van der Waals surface area contributed by atoms with Gasteiger partial charge in [0.05, 0.1) is 11.7 Å². The summed E-state index contributed by atoms with van der Waals surface area (Å²) >= 11 is 0. The van der Waals surface area contributed by atoms with Gasteiger partial charge in [0.25, 0.3) is 0 Å². The van der Waals surface area contributed by atoms with Crippen molar-refractivity contribution in [1.29, 1.82) is 0 Å². The number of nitrogens with two attached hydrogens (primary N) is 2. The first-order chi connectivity index (χ1) is 11.4. The predicted octanol–water partition coefficient (Wildman–Crippen LogP) is 1.63. The summed E-state index contributed by atoms with van der Waals surface area (Å²) in [6.45, 7) is 7.14. The third-order valence-corrected chi connectivity index (χ3v) is 4.23. The molecule has 6 nitrogen and oxygen atoms in total. The Morgan fingerprint density at radius 3 is 2.54 bits per heavy atom. The van der Waals surface area contributed by atoms with Crippen molar-refractivity contribution in [1.82, 2.24) is 9.78 Å². The molecule has 0 fully saturated rings. The summed E-state index contributed by atoms with van der Waals surface area (Å²) in [5.74, 6) is -0.844. The Balaban J connectivity index is 2.51. The predicted molar refractivity (Wildman–Crippen MR) is 95.7 cm³/mol. The number of ketones is 2. The second kappa shape index (κ2) is 10.4. The second-order valence-corrected chi connectivity index (χ2v) is 6.61. The maximum atomic E-state index is 11.9. The van der Waals surface area contributed by atoms with Gasteiger partial charge in [-0.1, -0.05) is 20.8 Å². The molecule has 0 radical (unpaired) electrons. The van der Waals surface area contributed by atoms with E-state index in [0.29, 0.717) is 19.5 Å². The molecule has 24 heavy (non-hydrogen) atoms. The van der Waals surface area contributed by atoms with Crippen LogP contribution in [-0.2, 0) is 29.0 Å². The van der Waals surface area contributed by atoms with Crippen LogP contribution in [0.1, 0.15) is 57.8 Å². The quantitative estimate of drug-likeness (QED) is 0.446. The van der Waals surface area contributed by atoms with Crippen LogP contribution in [0.5, 0.6) is 0 Å². The van der Waals surface area contributed by atoms with E-state index < -0.39 is 11.8 Å². The highest BCUT2D eigenvalue weighted by molar-refractivity contribution is 6.39. The Bertz CT molecular complexity index is 537. The lowest BCUT2D eigenvalue weighted by Crippen LogP contribution is -2.40. The lowest BCUT2D eigenvalue weighted by Gasteiger charge is -2.13. The van der Waals surface area contributed by atoms with Gasteiger partial charge in [0.15, 0.2) is 5.78 Å². The summed E-state index contributed by atoms with van der Waals surface area (Å²) in [5, 5.41) is 4.61. The summed E-state index contributed by atoms with van der Waals surface area (Å²) in [6.07, 6.45) is 4.70. The molecule has 1 aromatic heterocycles. The molecule has 0 aliphatic heterocycles. The van der Waals surface area contributed by atoms with E-state index in [0.717, 1.165) is 37.1 Å². The van der Waals surface area contributed by atoms with Crippen LogP contribution >= 0.6 is 0 Å². The van der Waals surface area contributed by atoms with Crippen molar-refractivity contribution in [2.75, 3.05) is 6.54 Å². The number of carbonyl (C=O) groups excluding carboxylic acids is 2. The van der Waals surface area contributed by atoms with Gasteiger partial charge in [-0.05, 0) is 50.6 Å². The number of rotatable bonds is 12. The van der Waals surface area contributed by atoms with Crippen molar-refractivity contribution in [3.8, 4) is 0 Å². The molecule has 1 rings (SSSR count). The highest BCUT2D eigenvalue weighted by Crippen LogP contribution is 2.11. The van der Waals surface area contributed by atoms with Gasteiger partial charge in [-0.3, -0.25) is 14.3 Å². The number of aromatic nitrogens is 2. The van der Waals surface area contributed by atoms with Crippen molar-refractivity contribution in [3.05, 3.63) is 17.5 Å². The standard InChI is InChI=1S/C18H32N4O2/c1-4-15-12-14(8-5-6-10-19)21-22(15)11-7-9-16(23)18(24)17(20)13(2)3/h12-13,17H,4-11,19-20H2,1-3H3/t17-/m0/s1. The minimum Gasteiger partial charge on any atom is -0.330 e. The fraction of sp³-hybridized carbons (Fsp3) is 0.722. The fourth-order valence-corrected chi connectivity index (χ4v) is 2.57. The minimum absolute atomic E-state index is 0.0182. The van der Waals surface area contributed by atoms with Crippen LogP contribution in [-0.4, -0.2) is 33.9 Å². The lowest BCUT2D eigenvalue weighted by atomic mass is 9.96. The SMILES string of the molecule is CCc1cc(CCCCN)nn1CCCC(=O)C(=O)[C@@H](N)C(C)C. The zero-order valence-corrected chi connectivity index (χ0v) is 15.3. The van der Waals surface area contributed by atoms with Crippen LogP contribution in [0, 0.1) is 5.92 Å². The molecular formula is C18H32N4O2. The van der Waals surface area contributed by atoms with Crippen LogP contribution < -0.4 is 11.5 Å². The maximum Gasteiger partial charge on any atom is 0.215 e. The van der Waals surface area contributed by atoms with Gasteiger partial charge in [0, 0.05) is 18.7 Å². The van der Waals surface area contributed by atoms with Crippen molar-refractivity contribution < 1.29 is 9.59 Å². The zero-order chi connectivity index (χ0) is 18.1. The van der Waals surface area contributed by atoms with Crippen LogP contribution in [0.15, 0.2) is 6.07 Å². The smallest absolute Gasteiger partial charge is 0.215 e. The molecule has 136 valence electrons. The molecular weight excluding hydrogens is 304 g/mol. The molecule has 0 spiro atoms. The van der Waals surface area contributed by atoms with Gasteiger partial charge < -0.3 is 11.5 Å². The summed E-state index contributed by atoms with van der Waals surface area (Å²) in [6, 6.07) is 1.43. The Kier molecular flexibility index (Phi) is 8.85. The monoisotopic (exact) mass is 336 g/mol. The number of aryl methyl sites for hydroxylation is 3. The first-order valence-corrected chi connectivity index (χ1v) is 8.99. The van der Waals surface area contributed by atoms with Crippen LogP contribution in [0.3, 0.4) is 0 Å². The topological polar surface area (TPSA) is 104 Å². The van der Waals surface area contributed by atoms with Crippen LogP contribution in [0.25, 0.3) is 0 Å². The Hall–Kier alpha value is -1.53. The van der Waals surface area contributed by atoms with E-state index in [4.69, 9.17) is 11.5 Å². The summed E-state index contributed by atoms with van der Waals surface area (Å²) < 4.78 is 1.96. The van der Waals surface area contributed by atoms with Gasteiger partial charge in [-0.15, -0.1) is 0 Å². The Morgan fingerprint density at radius 2 is 1.96 bits per heavy atom. The molecule has 0 aliphatic carbocycles. The molecule has 6 heteroatoms. The van der Waals surface area contributed by atoms with E-state index in [1.807, 2.05) is 18.5 Å². The number of hydrogen-bond donors (Lipinski definition) is 2. The largest absolute Gasteiger partial charge is 0.330 e. The molecule has 0 aromatic carbocycles. The molecule has 0 bridgehead atoms. The molecule has 0 amide bonds. The van der Waals surface area contributed by atoms with E-state index >= 15 is 0 Å².